The van der Waals surface area contributed by atoms with Gasteiger partial charge < -0.3 is 0 Å². The average Bonchev–Trinajstić information content (AvgIpc) is 2.94. The van der Waals surface area contributed by atoms with Crippen molar-refractivity contribution in [2.75, 3.05) is 0 Å². The van der Waals surface area contributed by atoms with Crippen LogP contribution in [0.5, 0.6) is 0 Å². The zero-order valence-corrected chi connectivity index (χ0v) is 14.7. The molecular weight excluding hydrogens is 320 g/mol. The molecule has 0 bridgehead atoms. The number of hydrogen-bond donors (Lipinski definition) is 0. The van der Waals surface area contributed by atoms with E-state index in [2.05, 4.69) is 21.9 Å². The summed E-state index contributed by atoms with van der Waals surface area (Å²) < 4.78 is 1.75. The summed E-state index contributed by atoms with van der Waals surface area (Å²) in [6.07, 6.45) is 10.7. The molecule has 3 aromatic heterocycles. The Morgan fingerprint density at radius 2 is 2.25 bits per heavy atom. The molecule has 0 fully saturated rings. The molecule has 0 spiro atoms. The van der Waals surface area contributed by atoms with Gasteiger partial charge in [0.15, 0.2) is 0 Å². The molecule has 3 aromatic rings. The second kappa shape index (κ2) is 6.09. The summed E-state index contributed by atoms with van der Waals surface area (Å²) in [6, 6.07) is 0.00386. The number of nitrogens with zero attached hydrogens (tertiary/aromatic N) is 4. The summed E-state index contributed by atoms with van der Waals surface area (Å²) in [5.41, 5.74) is 2.22. The fraction of sp³-hybridized carbons (Fsp3) is 0.444. The van der Waals surface area contributed by atoms with Crippen LogP contribution in [0.2, 0.25) is 0 Å². The molecule has 0 N–H and O–H groups in total. The Morgan fingerprint density at radius 3 is 3.04 bits per heavy atom. The monoisotopic (exact) mass is 340 g/mol. The minimum absolute atomic E-state index is 0.00386. The first kappa shape index (κ1) is 15.4. The molecule has 0 aromatic carbocycles. The molecule has 124 valence electrons. The van der Waals surface area contributed by atoms with Gasteiger partial charge in [0.05, 0.1) is 17.4 Å². The average molecular weight is 340 g/mol. The van der Waals surface area contributed by atoms with E-state index >= 15 is 0 Å². The molecule has 0 radical (unpaired) electrons. The number of rotatable bonds is 3. The molecule has 0 unspecified atom stereocenters. The summed E-state index contributed by atoms with van der Waals surface area (Å²) in [4.78, 5) is 28.3. The van der Waals surface area contributed by atoms with Crippen molar-refractivity contribution in [3.8, 4) is 0 Å². The molecule has 4 rings (SSSR count). The van der Waals surface area contributed by atoms with Crippen molar-refractivity contribution < 1.29 is 0 Å². The molecule has 6 heteroatoms. The molecular formula is C18H20N4OS. The summed E-state index contributed by atoms with van der Waals surface area (Å²) in [5.74, 6) is 0.698. The van der Waals surface area contributed by atoms with Gasteiger partial charge in [0.2, 0.25) is 0 Å². The Bertz CT molecular complexity index is 931. The SMILES string of the molecule is C[C@H]1CCc2c(sc3ncn([C@H](C)Cc4cnccn4)c(=O)c23)C1. The van der Waals surface area contributed by atoms with Crippen molar-refractivity contribution in [2.24, 2.45) is 5.92 Å². The van der Waals surface area contributed by atoms with Gasteiger partial charge in [0, 0.05) is 35.9 Å². The number of fused-ring (bicyclic) bond motifs is 3. The van der Waals surface area contributed by atoms with E-state index in [1.54, 1.807) is 40.8 Å². The highest BCUT2D eigenvalue weighted by molar-refractivity contribution is 7.18. The molecule has 2 atom stereocenters. The highest BCUT2D eigenvalue weighted by atomic mass is 32.1. The Morgan fingerprint density at radius 1 is 1.38 bits per heavy atom. The minimum Gasteiger partial charge on any atom is -0.295 e. The predicted octanol–water partition coefficient (Wildman–Crippen LogP) is 3.18. The molecule has 1 aliphatic rings. The lowest BCUT2D eigenvalue weighted by molar-refractivity contribution is 0.506. The molecule has 0 aliphatic heterocycles. The largest absolute Gasteiger partial charge is 0.295 e. The second-order valence-corrected chi connectivity index (χ2v) is 7.82. The van der Waals surface area contributed by atoms with Gasteiger partial charge in [-0.2, -0.15) is 0 Å². The van der Waals surface area contributed by atoms with Crippen molar-refractivity contribution >= 4 is 21.6 Å². The summed E-state index contributed by atoms with van der Waals surface area (Å²) in [7, 11) is 0. The maximum Gasteiger partial charge on any atom is 0.262 e. The normalized spacial score (nSPS) is 18.5. The zero-order valence-electron chi connectivity index (χ0n) is 13.9. The number of aromatic nitrogens is 4. The topological polar surface area (TPSA) is 60.7 Å². The van der Waals surface area contributed by atoms with E-state index in [1.165, 1.54) is 10.4 Å². The standard InChI is InChI=1S/C18H20N4OS/c1-11-3-4-14-15(7-11)24-17-16(14)18(23)22(10-21-17)12(2)8-13-9-19-5-6-20-13/h5-6,9-12H,3-4,7-8H2,1-2H3/t11-,12+/m0/s1. The van der Waals surface area contributed by atoms with E-state index < -0.39 is 0 Å². The third kappa shape index (κ3) is 2.65. The van der Waals surface area contributed by atoms with Crippen LogP contribution in [0.3, 0.4) is 0 Å². The van der Waals surface area contributed by atoms with E-state index in [0.29, 0.717) is 12.3 Å². The smallest absolute Gasteiger partial charge is 0.262 e. The molecule has 0 saturated heterocycles. The lowest BCUT2D eigenvalue weighted by Gasteiger charge is -2.18. The Hall–Kier alpha value is -2.08. The van der Waals surface area contributed by atoms with Crippen LogP contribution in [0.1, 0.15) is 42.4 Å². The first-order valence-electron chi connectivity index (χ1n) is 8.39. The molecule has 0 saturated carbocycles. The first-order chi connectivity index (χ1) is 11.6. The van der Waals surface area contributed by atoms with Crippen molar-refractivity contribution in [1.82, 2.24) is 19.5 Å². The van der Waals surface area contributed by atoms with Gasteiger partial charge in [0.25, 0.3) is 5.56 Å². The minimum atomic E-state index is 0.00386. The van der Waals surface area contributed by atoms with E-state index in [-0.39, 0.29) is 11.6 Å². The fourth-order valence-corrected chi connectivity index (χ4v) is 4.84. The van der Waals surface area contributed by atoms with Gasteiger partial charge in [-0.25, -0.2) is 4.98 Å². The van der Waals surface area contributed by atoms with Crippen LogP contribution in [0.15, 0.2) is 29.7 Å². The maximum atomic E-state index is 13.1. The van der Waals surface area contributed by atoms with Crippen molar-refractivity contribution in [3.05, 3.63) is 51.4 Å². The van der Waals surface area contributed by atoms with Crippen LogP contribution < -0.4 is 5.56 Å². The van der Waals surface area contributed by atoms with Crippen molar-refractivity contribution in [3.63, 3.8) is 0 Å². The van der Waals surface area contributed by atoms with Gasteiger partial charge in [-0.1, -0.05) is 6.92 Å². The summed E-state index contributed by atoms with van der Waals surface area (Å²) >= 11 is 1.70. The molecule has 1 aliphatic carbocycles. The first-order valence-corrected chi connectivity index (χ1v) is 9.21. The van der Waals surface area contributed by atoms with E-state index in [1.807, 2.05) is 6.92 Å². The van der Waals surface area contributed by atoms with Gasteiger partial charge in [-0.3, -0.25) is 19.3 Å². The van der Waals surface area contributed by atoms with Crippen molar-refractivity contribution in [1.29, 1.82) is 0 Å². The van der Waals surface area contributed by atoms with Gasteiger partial charge in [0.1, 0.15) is 4.83 Å². The van der Waals surface area contributed by atoms with Gasteiger partial charge in [-0.15, -0.1) is 11.3 Å². The van der Waals surface area contributed by atoms with Crippen LogP contribution in [0, 0.1) is 5.92 Å². The lowest BCUT2D eigenvalue weighted by atomic mass is 9.89. The Labute approximate surface area is 144 Å². The van der Waals surface area contributed by atoms with Crippen LogP contribution in [-0.4, -0.2) is 19.5 Å². The summed E-state index contributed by atoms with van der Waals surface area (Å²) in [6.45, 7) is 4.31. The molecule has 0 amide bonds. The Kier molecular flexibility index (Phi) is 3.92. The van der Waals surface area contributed by atoms with Crippen LogP contribution in [0.4, 0.5) is 0 Å². The quantitative estimate of drug-likeness (QED) is 0.735. The van der Waals surface area contributed by atoms with Crippen molar-refractivity contribution in [2.45, 2.75) is 45.6 Å². The molecule has 3 heterocycles. The predicted molar refractivity (Wildman–Crippen MR) is 95.5 cm³/mol. The van der Waals surface area contributed by atoms with E-state index in [9.17, 15) is 4.79 Å². The van der Waals surface area contributed by atoms with Crippen LogP contribution in [0.25, 0.3) is 10.2 Å². The number of aryl methyl sites for hydroxylation is 1. The van der Waals surface area contributed by atoms with Gasteiger partial charge in [-0.05, 0) is 37.7 Å². The third-order valence-electron chi connectivity index (χ3n) is 4.84. The van der Waals surface area contributed by atoms with Crippen LogP contribution >= 0.6 is 11.3 Å². The van der Waals surface area contributed by atoms with E-state index in [4.69, 9.17) is 0 Å². The van der Waals surface area contributed by atoms with E-state index in [0.717, 1.165) is 35.2 Å². The molecule has 24 heavy (non-hydrogen) atoms. The lowest BCUT2D eigenvalue weighted by Crippen LogP contribution is -2.25. The van der Waals surface area contributed by atoms with Gasteiger partial charge >= 0.3 is 0 Å². The highest BCUT2D eigenvalue weighted by Gasteiger charge is 2.23. The maximum absolute atomic E-state index is 13.1. The van der Waals surface area contributed by atoms with Crippen LogP contribution in [-0.2, 0) is 19.3 Å². The third-order valence-corrected chi connectivity index (χ3v) is 6.00. The fourth-order valence-electron chi connectivity index (χ4n) is 3.49. The number of hydrogen-bond acceptors (Lipinski definition) is 5. The molecule has 5 nitrogen and oxygen atoms in total. The zero-order chi connectivity index (χ0) is 16.7. The summed E-state index contributed by atoms with van der Waals surface area (Å²) in [5, 5.41) is 0.843. The Balaban J connectivity index is 1.74. The highest BCUT2D eigenvalue weighted by Crippen LogP contribution is 2.35. The number of thiophene rings is 1. The second-order valence-electron chi connectivity index (χ2n) is 6.74.